The van der Waals surface area contributed by atoms with Gasteiger partial charge in [0.2, 0.25) is 5.85 Å². The summed E-state index contributed by atoms with van der Waals surface area (Å²) >= 11 is 5.94. The third kappa shape index (κ3) is 7.13. The monoisotopic (exact) mass is 454 g/mol. The molecule has 0 aliphatic heterocycles. The lowest BCUT2D eigenvalue weighted by Gasteiger charge is -2.26. The number of rotatable bonds is 12. The molecule has 0 bridgehead atoms. The third-order valence-corrected chi connectivity index (χ3v) is 6.60. The van der Waals surface area contributed by atoms with E-state index in [1.807, 2.05) is 19.1 Å². The second-order valence-corrected chi connectivity index (χ2v) is 8.99. The maximum absolute atomic E-state index is 13.3. The molecular weight excluding hydrogens is 427 g/mol. The van der Waals surface area contributed by atoms with Crippen LogP contribution in [0.5, 0.6) is 5.75 Å². The topological polar surface area (TPSA) is 71.1 Å². The van der Waals surface area contributed by atoms with Gasteiger partial charge >= 0.3 is 13.6 Å². The minimum absolute atomic E-state index is 0.105. The lowest BCUT2D eigenvalue weighted by molar-refractivity contribution is -0.147. The van der Waals surface area contributed by atoms with Crippen LogP contribution in [0.2, 0.25) is 5.02 Å². The van der Waals surface area contributed by atoms with Gasteiger partial charge in [-0.2, -0.15) is 0 Å². The van der Waals surface area contributed by atoms with E-state index in [1.165, 1.54) is 0 Å². The lowest BCUT2D eigenvalue weighted by Crippen LogP contribution is -2.15. The standard InChI is InChI=1S/C22H28ClO6P/c1-4-27-30(25,28-5-2)22(18-10-7-6-8-11-18)29-21(24)12-9-15-26-20-14-13-19(23)16-17(20)3/h6-8,10-11,13-14,16,22H,4-5,9,12,15H2,1-3H3. The summed E-state index contributed by atoms with van der Waals surface area (Å²) < 4.78 is 35.4. The van der Waals surface area contributed by atoms with Crippen LogP contribution in [0, 0.1) is 6.92 Å². The summed E-state index contributed by atoms with van der Waals surface area (Å²) in [6.45, 7) is 6.01. The van der Waals surface area contributed by atoms with Gasteiger partial charge in [0.15, 0.2) is 0 Å². The Morgan fingerprint density at radius 1 is 1.07 bits per heavy atom. The minimum Gasteiger partial charge on any atom is -0.493 e. The Kier molecular flexibility index (Phi) is 9.86. The molecule has 0 amide bonds. The smallest absolute Gasteiger partial charge is 0.375 e. The van der Waals surface area contributed by atoms with Crippen LogP contribution in [0.4, 0.5) is 0 Å². The summed E-state index contributed by atoms with van der Waals surface area (Å²) in [5.41, 5.74) is 1.48. The van der Waals surface area contributed by atoms with Crippen molar-refractivity contribution in [2.24, 2.45) is 0 Å². The van der Waals surface area contributed by atoms with Gasteiger partial charge in [0.25, 0.3) is 0 Å². The van der Waals surface area contributed by atoms with Gasteiger partial charge in [0.05, 0.1) is 19.8 Å². The fourth-order valence-corrected chi connectivity index (χ4v) is 4.90. The zero-order valence-corrected chi connectivity index (χ0v) is 19.2. The van der Waals surface area contributed by atoms with E-state index in [2.05, 4.69) is 0 Å². The molecule has 8 heteroatoms. The Balaban J connectivity index is 1.99. The fourth-order valence-electron chi connectivity index (χ4n) is 2.82. The van der Waals surface area contributed by atoms with E-state index in [0.29, 0.717) is 29.4 Å². The van der Waals surface area contributed by atoms with Crippen LogP contribution >= 0.6 is 19.2 Å². The van der Waals surface area contributed by atoms with E-state index in [0.717, 1.165) is 5.56 Å². The number of halogens is 1. The van der Waals surface area contributed by atoms with Crippen molar-refractivity contribution in [2.75, 3.05) is 19.8 Å². The Hall–Kier alpha value is -1.85. The maximum Gasteiger partial charge on any atom is 0.375 e. The van der Waals surface area contributed by atoms with Gasteiger partial charge in [-0.25, -0.2) is 0 Å². The van der Waals surface area contributed by atoms with Crippen LogP contribution in [-0.2, 0) is 23.1 Å². The molecule has 1 atom stereocenters. The number of hydrogen-bond donors (Lipinski definition) is 0. The number of benzene rings is 2. The van der Waals surface area contributed by atoms with Crippen molar-refractivity contribution in [3.8, 4) is 5.75 Å². The Bertz CT molecular complexity index is 848. The number of hydrogen-bond acceptors (Lipinski definition) is 6. The van der Waals surface area contributed by atoms with Crippen molar-refractivity contribution in [3.05, 3.63) is 64.7 Å². The lowest BCUT2D eigenvalue weighted by atomic mass is 10.2. The second-order valence-electron chi connectivity index (χ2n) is 6.49. The predicted molar refractivity (Wildman–Crippen MR) is 117 cm³/mol. The summed E-state index contributed by atoms with van der Waals surface area (Å²) in [7, 11) is -3.69. The molecule has 0 radical (unpaired) electrons. The van der Waals surface area contributed by atoms with E-state index >= 15 is 0 Å². The number of carbonyl (C=O) groups excluding carboxylic acids is 1. The second kappa shape index (κ2) is 12.1. The molecule has 6 nitrogen and oxygen atoms in total. The highest BCUT2D eigenvalue weighted by atomic mass is 35.5. The molecule has 0 aliphatic carbocycles. The first-order chi connectivity index (χ1) is 14.4. The zero-order valence-electron chi connectivity index (χ0n) is 17.5. The molecule has 1 unspecified atom stereocenters. The average Bonchev–Trinajstić information content (AvgIpc) is 2.71. The summed E-state index contributed by atoms with van der Waals surface area (Å²) in [4.78, 5) is 12.5. The van der Waals surface area contributed by atoms with Crippen molar-refractivity contribution in [3.63, 3.8) is 0 Å². The van der Waals surface area contributed by atoms with Gasteiger partial charge in [0, 0.05) is 17.0 Å². The molecule has 2 aromatic rings. The summed E-state index contributed by atoms with van der Waals surface area (Å²) in [6.07, 6.45) is 0.546. The highest BCUT2D eigenvalue weighted by Crippen LogP contribution is 2.61. The minimum atomic E-state index is -3.69. The first-order valence-electron chi connectivity index (χ1n) is 9.91. The van der Waals surface area contributed by atoms with Gasteiger partial charge < -0.3 is 18.5 Å². The predicted octanol–water partition coefficient (Wildman–Crippen LogP) is 6.32. The number of carbonyl (C=O) groups is 1. The van der Waals surface area contributed by atoms with E-state index < -0.39 is 19.4 Å². The first kappa shape index (κ1) is 24.4. The van der Waals surface area contributed by atoms with E-state index in [-0.39, 0.29) is 19.6 Å². The molecule has 0 spiro atoms. The van der Waals surface area contributed by atoms with Crippen LogP contribution < -0.4 is 4.74 Å². The number of ether oxygens (including phenoxy) is 2. The SMILES string of the molecule is CCOP(=O)(OCC)C(OC(=O)CCCOc1ccc(Cl)cc1C)c1ccccc1. The number of esters is 1. The van der Waals surface area contributed by atoms with Crippen molar-refractivity contribution in [2.45, 2.75) is 39.5 Å². The largest absolute Gasteiger partial charge is 0.493 e. The third-order valence-electron chi connectivity index (χ3n) is 4.15. The van der Waals surface area contributed by atoms with Crippen LogP contribution in [0.25, 0.3) is 0 Å². The summed E-state index contributed by atoms with van der Waals surface area (Å²) in [6, 6.07) is 14.2. The van der Waals surface area contributed by atoms with Gasteiger partial charge in [-0.3, -0.25) is 9.36 Å². The zero-order chi connectivity index (χ0) is 22.0. The molecule has 0 saturated heterocycles. The molecule has 2 rings (SSSR count). The molecule has 0 aromatic heterocycles. The molecule has 0 N–H and O–H groups in total. The van der Waals surface area contributed by atoms with Crippen molar-refractivity contribution >= 4 is 25.2 Å². The molecule has 0 heterocycles. The summed E-state index contributed by atoms with van der Waals surface area (Å²) in [5, 5.41) is 0.642. The van der Waals surface area contributed by atoms with Crippen molar-refractivity contribution in [1.29, 1.82) is 0 Å². The Morgan fingerprint density at radius 3 is 2.33 bits per heavy atom. The quantitative estimate of drug-likeness (QED) is 0.212. The molecule has 164 valence electrons. The highest BCUT2D eigenvalue weighted by Gasteiger charge is 2.40. The molecule has 30 heavy (non-hydrogen) atoms. The molecule has 0 saturated carbocycles. The van der Waals surface area contributed by atoms with Crippen molar-refractivity contribution in [1.82, 2.24) is 0 Å². The van der Waals surface area contributed by atoms with E-state index in [9.17, 15) is 9.36 Å². The van der Waals surface area contributed by atoms with Crippen molar-refractivity contribution < 1.29 is 27.9 Å². The van der Waals surface area contributed by atoms with Crippen LogP contribution in [0.15, 0.2) is 48.5 Å². The molecule has 0 fully saturated rings. The van der Waals surface area contributed by atoms with Gasteiger partial charge in [-0.05, 0) is 51.0 Å². The molecule has 0 aliphatic rings. The van der Waals surface area contributed by atoms with Crippen LogP contribution in [-0.4, -0.2) is 25.8 Å². The average molecular weight is 455 g/mol. The van der Waals surface area contributed by atoms with Crippen LogP contribution in [0.1, 0.15) is 43.7 Å². The van der Waals surface area contributed by atoms with E-state index in [1.54, 1.807) is 50.2 Å². The first-order valence-corrected chi connectivity index (χ1v) is 11.9. The normalized spacial score (nSPS) is 12.4. The Labute approximate surface area is 183 Å². The Morgan fingerprint density at radius 2 is 1.73 bits per heavy atom. The maximum atomic E-state index is 13.3. The van der Waals surface area contributed by atoms with Gasteiger partial charge in [0.1, 0.15) is 5.75 Å². The highest BCUT2D eigenvalue weighted by molar-refractivity contribution is 7.54. The van der Waals surface area contributed by atoms with Gasteiger partial charge in [-0.1, -0.05) is 41.9 Å². The number of aryl methyl sites for hydroxylation is 1. The molecular formula is C22H28ClO6P. The van der Waals surface area contributed by atoms with E-state index in [4.69, 9.17) is 30.1 Å². The van der Waals surface area contributed by atoms with Gasteiger partial charge in [-0.15, -0.1) is 0 Å². The fraction of sp³-hybridized carbons (Fsp3) is 0.409. The summed E-state index contributed by atoms with van der Waals surface area (Å²) in [5.74, 6) is -0.905. The molecule has 2 aromatic carbocycles. The van der Waals surface area contributed by atoms with Crippen LogP contribution in [0.3, 0.4) is 0 Å².